The van der Waals surface area contributed by atoms with E-state index in [0.29, 0.717) is 26.1 Å². The zero-order chi connectivity index (χ0) is 12.5. The van der Waals surface area contributed by atoms with Gasteiger partial charge in [0, 0.05) is 6.42 Å². The minimum atomic E-state index is -1.21. The lowest BCUT2D eigenvalue weighted by molar-refractivity contribution is -0.256. The third kappa shape index (κ3) is 2.18. The molecule has 1 aliphatic carbocycles. The fourth-order valence-corrected chi connectivity index (χ4v) is 2.50. The van der Waals surface area contributed by atoms with E-state index in [1.165, 1.54) is 0 Å². The average molecular weight is 246 g/mol. The normalized spacial score (nSPS) is 36.1. The first kappa shape index (κ1) is 12.8. The van der Waals surface area contributed by atoms with Gasteiger partial charge in [-0.3, -0.25) is 4.79 Å². The quantitative estimate of drug-likeness (QED) is 0.634. The van der Waals surface area contributed by atoms with Gasteiger partial charge in [-0.25, -0.2) is 0 Å². The van der Waals surface area contributed by atoms with E-state index in [1.807, 2.05) is 0 Å². The van der Waals surface area contributed by atoms with E-state index in [1.54, 1.807) is 6.92 Å². The predicted molar refractivity (Wildman–Crippen MR) is 56.0 cm³/mol. The second-order valence-electron chi connectivity index (χ2n) is 4.34. The highest BCUT2D eigenvalue weighted by molar-refractivity contribution is 5.74. The van der Waals surface area contributed by atoms with E-state index < -0.39 is 29.9 Å². The SMILES string of the molecule is CCOC(=O)[C@H]1[C@H](O)[C@H](O)CCC12OCCO2. The molecule has 1 saturated heterocycles. The summed E-state index contributed by atoms with van der Waals surface area (Å²) in [6.45, 7) is 2.68. The van der Waals surface area contributed by atoms with Crippen molar-refractivity contribution in [2.45, 2.75) is 37.8 Å². The van der Waals surface area contributed by atoms with E-state index in [2.05, 4.69) is 0 Å². The molecule has 0 radical (unpaired) electrons. The van der Waals surface area contributed by atoms with Gasteiger partial charge in [0.25, 0.3) is 0 Å². The summed E-state index contributed by atoms with van der Waals surface area (Å²) in [7, 11) is 0. The van der Waals surface area contributed by atoms with Crippen LogP contribution in [0.1, 0.15) is 19.8 Å². The van der Waals surface area contributed by atoms with Crippen LogP contribution in [0.4, 0.5) is 0 Å². The molecular weight excluding hydrogens is 228 g/mol. The molecule has 1 heterocycles. The first-order valence-electron chi connectivity index (χ1n) is 5.91. The van der Waals surface area contributed by atoms with Crippen molar-refractivity contribution in [3.8, 4) is 0 Å². The Kier molecular flexibility index (Phi) is 3.67. The topological polar surface area (TPSA) is 85.2 Å². The number of carbonyl (C=O) groups is 1. The van der Waals surface area contributed by atoms with E-state index in [0.717, 1.165) is 0 Å². The van der Waals surface area contributed by atoms with Gasteiger partial charge in [0.2, 0.25) is 0 Å². The fourth-order valence-electron chi connectivity index (χ4n) is 2.50. The molecule has 98 valence electrons. The summed E-state index contributed by atoms with van der Waals surface area (Å²) in [6, 6.07) is 0. The molecule has 1 aliphatic heterocycles. The Morgan fingerprint density at radius 2 is 2.06 bits per heavy atom. The number of ether oxygens (including phenoxy) is 3. The maximum Gasteiger partial charge on any atom is 0.317 e. The van der Waals surface area contributed by atoms with E-state index in [-0.39, 0.29) is 6.61 Å². The number of aliphatic hydroxyl groups excluding tert-OH is 2. The summed E-state index contributed by atoms with van der Waals surface area (Å²) in [6.07, 6.45) is -1.42. The predicted octanol–water partition coefficient (Wildman–Crippen LogP) is -0.576. The highest BCUT2D eigenvalue weighted by Gasteiger charge is 2.57. The van der Waals surface area contributed by atoms with Crippen LogP contribution in [0.3, 0.4) is 0 Å². The lowest BCUT2D eigenvalue weighted by atomic mass is 9.79. The lowest BCUT2D eigenvalue weighted by Crippen LogP contribution is -2.57. The van der Waals surface area contributed by atoms with Crippen LogP contribution in [-0.4, -0.2) is 54.0 Å². The number of hydrogen-bond donors (Lipinski definition) is 2. The van der Waals surface area contributed by atoms with Gasteiger partial charge < -0.3 is 24.4 Å². The average Bonchev–Trinajstić information content (AvgIpc) is 2.74. The van der Waals surface area contributed by atoms with E-state index in [9.17, 15) is 15.0 Å². The van der Waals surface area contributed by atoms with Crippen LogP contribution in [-0.2, 0) is 19.0 Å². The number of esters is 1. The molecule has 0 unspecified atom stereocenters. The van der Waals surface area contributed by atoms with Crippen LogP contribution >= 0.6 is 0 Å². The molecule has 6 heteroatoms. The van der Waals surface area contributed by atoms with Crippen molar-refractivity contribution in [2.24, 2.45) is 5.92 Å². The van der Waals surface area contributed by atoms with Gasteiger partial charge in [0.1, 0.15) is 5.92 Å². The molecule has 0 aromatic heterocycles. The van der Waals surface area contributed by atoms with Gasteiger partial charge in [-0.05, 0) is 13.3 Å². The summed E-state index contributed by atoms with van der Waals surface area (Å²) in [5.41, 5.74) is 0. The highest BCUT2D eigenvalue weighted by atomic mass is 16.7. The Bertz CT molecular complexity index is 286. The van der Waals surface area contributed by atoms with Gasteiger partial charge in [-0.2, -0.15) is 0 Å². The molecule has 0 aromatic carbocycles. The van der Waals surface area contributed by atoms with Crippen LogP contribution in [0.5, 0.6) is 0 Å². The standard InChI is InChI=1S/C11H18O6/c1-2-15-10(14)8-9(13)7(12)3-4-11(8)16-5-6-17-11/h7-9,12-13H,2-6H2,1H3/t7-,8-,9-/m1/s1. The van der Waals surface area contributed by atoms with Crippen molar-refractivity contribution < 1.29 is 29.2 Å². The van der Waals surface area contributed by atoms with Crippen LogP contribution in [0.15, 0.2) is 0 Å². The van der Waals surface area contributed by atoms with Gasteiger partial charge in [0.05, 0.1) is 32.0 Å². The van der Waals surface area contributed by atoms with Gasteiger partial charge >= 0.3 is 5.97 Å². The first-order chi connectivity index (χ1) is 8.10. The molecule has 6 nitrogen and oxygen atoms in total. The molecule has 0 amide bonds. The van der Waals surface area contributed by atoms with E-state index >= 15 is 0 Å². The molecule has 3 atom stereocenters. The van der Waals surface area contributed by atoms with Crippen molar-refractivity contribution >= 4 is 5.97 Å². The van der Waals surface area contributed by atoms with Crippen molar-refractivity contribution in [1.82, 2.24) is 0 Å². The van der Waals surface area contributed by atoms with Crippen LogP contribution < -0.4 is 0 Å². The molecule has 17 heavy (non-hydrogen) atoms. The highest BCUT2D eigenvalue weighted by Crippen LogP contribution is 2.41. The van der Waals surface area contributed by atoms with Crippen molar-refractivity contribution in [3.05, 3.63) is 0 Å². The Hall–Kier alpha value is -0.690. The maximum atomic E-state index is 11.9. The number of aliphatic hydroxyl groups is 2. The molecule has 2 fully saturated rings. The number of hydrogen-bond acceptors (Lipinski definition) is 6. The fraction of sp³-hybridized carbons (Fsp3) is 0.909. The molecule has 1 saturated carbocycles. The Labute approximate surface area is 99.5 Å². The molecule has 2 N–H and O–H groups in total. The van der Waals surface area contributed by atoms with Crippen molar-refractivity contribution in [1.29, 1.82) is 0 Å². The molecule has 2 rings (SSSR count). The van der Waals surface area contributed by atoms with Crippen LogP contribution in [0, 0.1) is 5.92 Å². The number of carbonyl (C=O) groups excluding carboxylic acids is 1. The maximum absolute atomic E-state index is 11.9. The summed E-state index contributed by atoms with van der Waals surface area (Å²) in [5.74, 6) is -2.68. The van der Waals surface area contributed by atoms with Crippen LogP contribution in [0.2, 0.25) is 0 Å². The zero-order valence-corrected chi connectivity index (χ0v) is 9.80. The first-order valence-corrected chi connectivity index (χ1v) is 5.91. The lowest BCUT2D eigenvalue weighted by Gasteiger charge is -2.42. The number of rotatable bonds is 2. The Balaban J connectivity index is 2.21. The molecule has 0 aromatic rings. The van der Waals surface area contributed by atoms with Gasteiger partial charge in [-0.15, -0.1) is 0 Å². The smallest absolute Gasteiger partial charge is 0.317 e. The summed E-state index contributed by atoms with van der Waals surface area (Å²) < 4.78 is 15.9. The van der Waals surface area contributed by atoms with Gasteiger partial charge in [-0.1, -0.05) is 0 Å². The Morgan fingerprint density at radius 3 is 2.65 bits per heavy atom. The third-order valence-corrected chi connectivity index (χ3v) is 3.31. The third-order valence-electron chi connectivity index (χ3n) is 3.31. The molecule has 2 aliphatic rings. The monoisotopic (exact) mass is 246 g/mol. The summed E-state index contributed by atoms with van der Waals surface area (Å²) in [5, 5.41) is 19.6. The minimum Gasteiger partial charge on any atom is -0.466 e. The van der Waals surface area contributed by atoms with Gasteiger partial charge in [0.15, 0.2) is 5.79 Å². The van der Waals surface area contributed by atoms with E-state index in [4.69, 9.17) is 14.2 Å². The second kappa shape index (κ2) is 4.89. The molecular formula is C11H18O6. The summed E-state index contributed by atoms with van der Waals surface area (Å²) in [4.78, 5) is 11.9. The van der Waals surface area contributed by atoms with Crippen molar-refractivity contribution in [3.63, 3.8) is 0 Å². The molecule has 0 bridgehead atoms. The zero-order valence-electron chi connectivity index (χ0n) is 9.80. The Morgan fingerprint density at radius 1 is 1.41 bits per heavy atom. The largest absolute Gasteiger partial charge is 0.466 e. The molecule has 1 spiro atoms. The second-order valence-corrected chi connectivity index (χ2v) is 4.34. The van der Waals surface area contributed by atoms with Crippen molar-refractivity contribution in [2.75, 3.05) is 19.8 Å². The minimum absolute atomic E-state index is 0.216. The summed E-state index contributed by atoms with van der Waals surface area (Å²) >= 11 is 0. The van der Waals surface area contributed by atoms with Crippen LogP contribution in [0.25, 0.3) is 0 Å².